The largest absolute Gasteiger partial charge is 0.369 e. The molecule has 170 valence electrons. The number of benzene rings is 1. The zero-order valence-corrected chi connectivity index (χ0v) is 18.5. The van der Waals surface area contributed by atoms with Crippen molar-refractivity contribution in [1.29, 1.82) is 0 Å². The van der Waals surface area contributed by atoms with E-state index in [-0.39, 0.29) is 23.5 Å². The van der Waals surface area contributed by atoms with E-state index in [1.54, 1.807) is 0 Å². The Morgan fingerprint density at radius 2 is 1.68 bits per heavy atom. The Bertz CT molecular complexity index is 1020. The average Bonchev–Trinajstić information content (AvgIpc) is 2.58. The molecule has 1 aromatic rings. The fourth-order valence-electron chi connectivity index (χ4n) is 6.69. The number of nitrogens with two attached hydrogens (primary N) is 1. The summed E-state index contributed by atoms with van der Waals surface area (Å²) in [5.41, 5.74) is 3.22. The molecule has 2 unspecified atom stereocenters. The highest BCUT2D eigenvalue weighted by Crippen LogP contribution is 2.66. The number of rotatable bonds is 7. The maximum atomic E-state index is 14.0. The van der Waals surface area contributed by atoms with Gasteiger partial charge in [-0.15, -0.1) is 0 Å². The van der Waals surface area contributed by atoms with E-state index in [0.717, 1.165) is 50.3 Å². The van der Waals surface area contributed by atoms with Crippen LogP contribution in [0.15, 0.2) is 23.1 Å². The second kappa shape index (κ2) is 7.07. The molecule has 4 saturated carbocycles. The molecule has 4 aliphatic rings. The first-order valence-electron chi connectivity index (χ1n) is 10.6. The zero-order valence-electron chi connectivity index (χ0n) is 17.7. The number of hydrogen-bond donors (Lipinski definition) is 2. The Hall–Kier alpha value is -1.87. The van der Waals surface area contributed by atoms with Crippen LogP contribution in [-0.2, 0) is 19.6 Å². The molecule has 0 aliphatic heterocycles. The molecule has 4 bridgehead atoms. The molecule has 6 nitrogen and oxygen atoms in total. The van der Waals surface area contributed by atoms with Crippen molar-refractivity contribution in [3.05, 3.63) is 29.8 Å². The fraction of sp³-hybridized carbons (Fsp3) is 0.636. The smallest absolute Gasteiger partial charge is 0.247 e. The summed E-state index contributed by atoms with van der Waals surface area (Å²) in [5, 5.41) is 0. The van der Waals surface area contributed by atoms with Crippen molar-refractivity contribution in [3.63, 3.8) is 0 Å². The van der Waals surface area contributed by atoms with Crippen molar-refractivity contribution in [3.8, 4) is 0 Å². The molecule has 4 aliphatic carbocycles. The zero-order chi connectivity index (χ0) is 22.8. The van der Waals surface area contributed by atoms with Crippen molar-refractivity contribution >= 4 is 21.7 Å². The molecule has 0 heterocycles. The van der Waals surface area contributed by atoms with Crippen LogP contribution in [0.25, 0.3) is 0 Å². The number of nitrogens with one attached hydrogen (secondary N) is 1. The van der Waals surface area contributed by atoms with E-state index in [9.17, 15) is 26.8 Å². The lowest BCUT2D eigenvalue weighted by Crippen LogP contribution is -2.58. The topological polar surface area (TPSA) is 106 Å². The highest BCUT2D eigenvalue weighted by Gasteiger charge is 2.60. The molecule has 3 N–H and O–H groups in total. The SMILES string of the molecule is CC(C)(NS(=O)(=O)c1c(F)cccc1F)C(=O)CC12CC3CC(C1)CC(C(N)=O)(C3)C2. The second-order valence-corrected chi connectivity index (χ2v) is 12.1. The molecule has 4 fully saturated rings. The van der Waals surface area contributed by atoms with Gasteiger partial charge in [-0.3, -0.25) is 9.59 Å². The highest BCUT2D eigenvalue weighted by atomic mass is 32.2. The van der Waals surface area contributed by atoms with Gasteiger partial charge in [0, 0.05) is 6.42 Å². The number of ketones is 1. The predicted molar refractivity (Wildman–Crippen MR) is 109 cm³/mol. The van der Waals surface area contributed by atoms with Gasteiger partial charge in [0.1, 0.15) is 11.6 Å². The Labute approximate surface area is 181 Å². The Kier molecular flexibility index (Phi) is 5.09. The second-order valence-electron chi connectivity index (χ2n) is 10.5. The highest BCUT2D eigenvalue weighted by molar-refractivity contribution is 7.89. The predicted octanol–water partition coefficient (Wildman–Crippen LogP) is 3.05. The van der Waals surface area contributed by atoms with Crippen LogP contribution in [0.4, 0.5) is 8.78 Å². The maximum absolute atomic E-state index is 14.0. The molecule has 1 amide bonds. The number of carbonyl (C=O) groups is 2. The summed E-state index contributed by atoms with van der Waals surface area (Å²) in [6, 6.07) is 2.78. The van der Waals surface area contributed by atoms with E-state index < -0.39 is 37.5 Å². The lowest BCUT2D eigenvalue weighted by molar-refractivity contribution is -0.158. The summed E-state index contributed by atoms with van der Waals surface area (Å²) in [4.78, 5) is 24.4. The Balaban J connectivity index is 1.56. The van der Waals surface area contributed by atoms with Gasteiger partial charge in [-0.05, 0) is 81.8 Å². The molecule has 0 radical (unpaired) electrons. The first kappa shape index (κ1) is 22.3. The summed E-state index contributed by atoms with van der Waals surface area (Å²) < 4.78 is 55.7. The van der Waals surface area contributed by atoms with E-state index >= 15 is 0 Å². The van der Waals surface area contributed by atoms with Crippen LogP contribution in [-0.4, -0.2) is 25.6 Å². The lowest BCUT2D eigenvalue weighted by Gasteiger charge is -2.61. The summed E-state index contributed by atoms with van der Waals surface area (Å²) in [5.74, 6) is -2.44. The monoisotopic (exact) mass is 454 g/mol. The third-order valence-electron chi connectivity index (χ3n) is 7.51. The van der Waals surface area contributed by atoms with Crippen LogP contribution < -0.4 is 10.5 Å². The van der Waals surface area contributed by atoms with Crippen LogP contribution in [0.5, 0.6) is 0 Å². The summed E-state index contributed by atoms with van der Waals surface area (Å²) in [7, 11) is -4.61. The standard InChI is InChI=1S/C22H28F2N2O4S/c1-20(2,26-31(29,30)18-15(23)4-3-5-16(18)24)17(27)11-21-7-13-6-14(8-21)10-22(9-13,12-21)19(25)28/h3-5,13-14,26H,6-12H2,1-2H3,(H2,25,28). The molecule has 0 aromatic heterocycles. The van der Waals surface area contributed by atoms with E-state index in [0.29, 0.717) is 18.3 Å². The van der Waals surface area contributed by atoms with Crippen LogP contribution in [0.3, 0.4) is 0 Å². The maximum Gasteiger partial charge on any atom is 0.247 e. The molecular weight excluding hydrogens is 426 g/mol. The van der Waals surface area contributed by atoms with Crippen molar-refractivity contribution < 1.29 is 26.8 Å². The first-order valence-corrected chi connectivity index (χ1v) is 12.1. The third-order valence-corrected chi connectivity index (χ3v) is 9.22. The minimum Gasteiger partial charge on any atom is -0.369 e. The minimum absolute atomic E-state index is 0.101. The van der Waals surface area contributed by atoms with Crippen molar-refractivity contribution in [2.75, 3.05) is 0 Å². The van der Waals surface area contributed by atoms with Crippen LogP contribution in [0.2, 0.25) is 0 Å². The number of sulfonamides is 1. The number of halogens is 2. The minimum atomic E-state index is -4.61. The average molecular weight is 455 g/mol. The normalized spacial score (nSPS) is 32.3. The summed E-state index contributed by atoms with van der Waals surface area (Å²) in [6.07, 6.45) is 4.83. The van der Waals surface area contributed by atoms with Gasteiger partial charge in [0.05, 0.1) is 11.0 Å². The third kappa shape index (κ3) is 3.80. The Morgan fingerprint density at radius 1 is 1.13 bits per heavy atom. The number of Topliss-reactive ketones (excluding diaryl/α,β-unsaturated/α-hetero) is 1. The van der Waals surface area contributed by atoms with Gasteiger partial charge in [-0.25, -0.2) is 17.2 Å². The lowest BCUT2D eigenvalue weighted by atomic mass is 9.43. The van der Waals surface area contributed by atoms with Crippen molar-refractivity contribution in [2.24, 2.45) is 28.4 Å². The van der Waals surface area contributed by atoms with Gasteiger partial charge < -0.3 is 5.73 Å². The number of primary amides is 1. The van der Waals surface area contributed by atoms with E-state index in [2.05, 4.69) is 4.72 Å². The van der Waals surface area contributed by atoms with Gasteiger partial charge >= 0.3 is 0 Å². The number of carbonyl (C=O) groups excluding carboxylic acids is 2. The molecule has 31 heavy (non-hydrogen) atoms. The van der Waals surface area contributed by atoms with Gasteiger partial charge in [0.15, 0.2) is 10.7 Å². The van der Waals surface area contributed by atoms with Crippen molar-refractivity contribution in [2.45, 2.75) is 69.2 Å². The van der Waals surface area contributed by atoms with E-state index in [1.165, 1.54) is 13.8 Å². The summed E-state index contributed by atoms with van der Waals surface area (Å²) in [6.45, 7) is 2.80. The van der Waals surface area contributed by atoms with Crippen LogP contribution >= 0.6 is 0 Å². The molecule has 1 aromatic carbocycles. The van der Waals surface area contributed by atoms with Crippen LogP contribution in [0, 0.1) is 34.3 Å². The van der Waals surface area contributed by atoms with Gasteiger partial charge in [0.2, 0.25) is 15.9 Å². The fourth-order valence-corrected chi connectivity index (χ4v) is 8.23. The Morgan fingerprint density at radius 3 is 2.19 bits per heavy atom. The molecule has 5 rings (SSSR count). The van der Waals surface area contributed by atoms with Gasteiger partial charge in [-0.1, -0.05) is 6.07 Å². The van der Waals surface area contributed by atoms with Crippen LogP contribution in [0.1, 0.15) is 58.8 Å². The quantitative estimate of drug-likeness (QED) is 0.660. The van der Waals surface area contributed by atoms with E-state index in [4.69, 9.17) is 5.73 Å². The molecule has 0 saturated heterocycles. The molecule has 0 spiro atoms. The van der Waals surface area contributed by atoms with Gasteiger partial charge in [-0.2, -0.15) is 4.72 Å². The molecule has 2 atom stereocenters. The van der Waals surface area contributed by atoms with E-state index in [1.807, 2.05) is 0 Å². The first-order chi connectivity index (χ1) is 14.3. The number of hydrogen-bond acceptors (Lipinski definition) is 4. The molecule has 9 heteroatoms. The summed E-state index contributed by atoms with van der Waals surface area (Å²) >= 11 is 0. The van der Waals surface area contributed by atoms with Gasteiger partial charge in [0.25, 0.3) is 0 Å². The number of amides is 1. The molecular formula is C22H28F2N2O4S. The van der Waals surface area contributed by atoms with Crippen molar-refractivity contribution in [1.82, 2.24) is 4.72 Å².